The standard InChI is InChI=1S/C66H49N3/c1-66(2)57-22-10-9-21-51(57)52-34-31-47(39-58(52)66)63-53-35-32-49(69-61-25-13-6-18-45(61)29-30-46-19-7-14-26-62(46)69)41-56(53)64(65-50-20-8-3-15-42(50)37-38-67-65)54-36-33-48(40-55(54)63)68-59-23-11-4-16-43(59)27-28-44-17-5-12-24-60(44)68/h3-26,31-41H,27-30H2,1-2H3. The van der Waals surface area contributed by atoms with Crippen LogP contribution in [-0.4, -0.2) is 4.98 Å². The second-order valence-electron chi connectivity index (χ2n) is 19.7. The first-order valence-electron chi connectivity index (χ1n) is 24.5. The van der Waals surface area contributed by atoms with E-state index in [1.54, 1.807) is 0 Å². The van der Waals surface area contributed by atoms with Crippen molar-refractivity contribution in [3.05, 3.63) is 246 Å². The van der Waals surface area contributed by atoms with E-state index in [1.807, 2.05) is 6.20 Å². The summed E-state index contributed by atoms with van der Waals surface area (Å²) in [6.07, 6.45) is 5.96. The third-order valence-corrected chi connectivity index (χ3v) is 15.6. The molecular formula is C66H49N3. The van der Waals surface area contributed by atoms with Gasteiger partial charge in [0, 0.05) is 56.7 Å². The highest BCUT2D eigenvalue weighted by Crippen LogP contribution is 2.54. The van der Waals surface area contributed by atoms with Crippen molar-refractivity contribution in [1.29, 1.82) is 0 Å². The van der Waals surface area contributed by atoms with Gasteiger partial charge in [0.15, 0.2) is 0 Å². The summed E-state index contributed by atoms with van der Waals surface area (Å²) in [4.78, 5) is 10.4. The monoisotopic (exact) mass is 883 g/mol. The van der Waals surface area contributed by atoms with Gasteiger partial charge in [-0.25, -0.2) is 0 Å². The summed E-state index contributed by atoms with van der Waals surface area (Å²) in [5, 5.41) is 7.08. The Kier molecular flexibility index (Phi) is 8.89. The van der Waals surface area contributed by atoms with E-state index in [-0.39, 0.29) is 5.41 Å². The Bertz CT molecular complexity index is 3810. The van der Waals surface area contributed by atoms with Crippen LogP contribution in [0.1, 0.15) is 47.2 Å². The molecule has 14 rings (SSSR count). The molecule has 1 aliphatic carbocycles. The summed E-state index contributed by atoms with van der Waals surface area (Å²) in [5.74, 6) is 0. The lowest BCUT2D eigenvalue weighted by atomic mass is 9.80. The largest absolute Gasteiger partial charge is 0.310 e. The fourth-order valence-electron chi connectivity index (χ4n) is 12.3. The topological polar surface area (TPSA) is 19.4 Å². The average molecular weight is 884 g/mol. The molecule has 69 heavy (non-hydrogen) atoms. The van der Waals surface area contributed by atoms with Crippen LogP contribution >= 0.6 is 0 Å². The number of anilines is 6. The minimum Gasteiger partial charge on any atom is -0.310 e. The fourth-order valence-corrected chi connectivity index (χ4v) is 12.3. The Morgan fingerprint density at radius 2 is 0.855 bits per heavy atom. The molecule has 0 amide bonds. The van der Waals surface area contributed by atoms with Crippen LogP contribution in [0.5, 0.6) is 0 Å². The van der Waals surface area contributed by atoms with Crippen LogP contribution < -0.4 is 9.80 Å². The molecule has 0 bridgehead atoms. The molecule has 11 aromatic rings. The number of aryl methyl sites for hydroxylation is 4. The fraction of sp³-hybridized carbons (Fsp3) is 0.106. The highest BCUT2D eigenvalue weighted by atomic mass is 15.2. The number of benzene rings is 10. The van der Waals surface area contributed by atoms with Crippen molar-refractivity contribution in [2.75, 3.05) is 9.80 Å². The van der Waals surface area contributed by atoms with Crippen molar-refractivity contribution in [1.82, 2.24) is 4.98 Å². The minimum absolute atomic E-state index is 0.161. The van der Waals surface area contributed by atoms with Crippen molar-refractivity contribution in [2.45, 2.75) is 44.9 Å². The maximum atomic E-state index is 5.36. The summed E-state index contributed by atoms with van der Waals surface area (Å²) in [5.41, 5.74) is 22.5. The van der Waals surface area contributed by atoms with Crippen molar-refractivity contribution < 1.29 is 0 Å². The minimum atomic E-state index is -0.161. The Labute approximate surface area is 403 Å². The Morgan fingerprint density at radius 1 is 0.377 bits per heavy atom. The van der Waals surface area contributed by atoms with E-state index in [0.29, 0.717) is 0 Å². The van der Waals surface area contributed by atoms with Gasteiger partial charge in [-0.1, -0.05) is 159 Å². The van der Waals surface area contributed by atoms with Gasteiger partial charge in [0.2, 0.25) is 0 Å². The van der Waals surface area contributed by atoms with Gasteiger partial charge in [-0.15, -0.1) is 0 Å². The molecule has 0 radical (unpaired) electrons. The average Bonchev–Trinajstić information content (AvgIpc) is 3.51. The van der Waals surface area contributed by atoms with Gasteiger partial charge < -0.3 is 9.80 Å². The molecule has 0 N–H and O–H groups in total. The summed E-state index contributed by atoms with van der Waals surface area (Å²) in [6, 6.07) is 77.6. The summed E-state index contributed by atoms with van der Waals surface area (Å²) >= 11 is 0. The number of pyridine rings is 1. The van der Waals surface area contributed by atoms with Gasteiger partial charge in [-0.05, 0) is 169 Å². The van der Waals surface area contributed by atoms with E-state index < -0.39 is 0 Å². The molecule has 3 nitrogen and oxygen atoms in total. The first-order valence-corrected chi connectivity index (χ1v) is 24.5. The smallest absolute Gasteiger partial charge is 0.0792 e. The number of aromatic nitrogens is 1. The van der Waals surface area contributed by atoms with E-state index in [2.05, 4.69) is 230 Å². The third kappa shape index (κ3) is 6.09. The molecule has 3 aliphatic rings. The molecule has 0 unspecified atom stereocenters. The maximum Gasteiger partial charge on any atom is 0.0792 e. The molecule has 328 valence electrons. The van der Waals surface area contributed by atoms with Crippen molar-refractivity contribution >= 4 is 66.4 Å². The molecule has 0 saturated carbocycles. The van der Waals surface area contributed by atoms with Crippen LogP contribution in [0.15, 0.2) is 212 Å². The number of hydrogen-bond donors (Lipinski definition) is 0. The van der Waals surface area contributed by atoms with Crippen molar-refractivity contribution in [2.24, 2.45) is 0 Å². The van der Waals surface area contributed by atoms with Gasteiger partial charge in [-0.3, -0.25) is 4.98 Å². The number of nitrogens with zero attached hydrogens (tertiary/aromatic N) is 3. The molecule has 3 heteroatoms. The van der Waals surface area contributed by atoms with E-state index in [4.69, 9.17) is 4.98 Å². The van der Waals surface area contributed by atoms with Gasteiger partial charge in [0.05, 0.1) is 5.69 Å². The van der Waals surface area contributed by atoms with Crippen LogP contribution in [0.2, 0.25) is 0 Å². The molecule has 0 atom stereocenters. The first-order chi connectivity index (χ1) is 34.0. The normalized spacial score (nSPS) is 14.3. The molecule has 10 aromatic carbocycles. The van der Waals surface area contributed by atoms with E-state index >= 15 is 0 Å². The van der Waals surface area contributed by atoms with Crippen LogP contribution in [-0.2, 0) is 31.1 Å². The molecule has 0 fully saturated rings. The number of hydrogen-bond acceptors (Lipinski definition) is 3. The lowest BCUT2D eigenvalue weighted by molar-refractivity contribution is 0.660. The highest BCUT2D eigenvalue weighted by Gasteiger charge is 2.36. The second kappa shape index (κ2) is 15.4. The zero-order valence-electron chi connectivity index (χ0n) is 38.9. The second-order valence-corrected chi connectivity index (χ2v) is 19.7. The van der Waals surface area contributed by atoms with Gasteiger partial charge in [0.1, 0.15) is 0 Å². The van der Waals surface area contributed by atoms with Crippen LogP contribution in [0.3, 0.4) is 0 Å². The molecule has 2 aliphatic heterocycles. The summed E-state index contributed by atoms with van der Waals surface area (Å²) < 4.78 is 0. The number of fused-ring (bicyclic) bond motifs is 10. The number of para-hydroxylation sites is 4. The SMILES string of the molecule is CC1(C)c2ccccc2-c2ccc(-c3c4cc(N5c6ccccc6CCc6ccccc65)ccc4c(-c4nccc5ccccc45)c4cc(N5c6ccccc6CCc6ccccc65)ccc34)cc21. The Morgan fingerprint density at radius 3 is 1.45 bits per heavy atom. The molecular weight excluding hydrogens is 835 g/mol. The lowest BCUT2D eigenvalue weighted by Crippen LogP contribution is -2.15. The quantitative estimate of drug-likeness (QED) is 0.164. The first kappa shape index (κ1) is 39.9. The molecule has 0 saturated heterocycles. The zero-order chi connectivity index (χ0) is 45.8. The van der Waals surface area contributed by atoms with Crippen LogP contribution in [0, 0.1) is 0 Å². The van der Waals surface area contributed by atoms with E-state index in [9.17, 15) is 0 Å². The predicted octanol–water partition coefficient (Wildman–Crippen LogP) is 17.3. The van der Waals surface area contributed by atoms with Crippen LogP contribution in [0.4, 0.5) is 34.1 Å². The summed E-state index contributed by atoms with van der Waals surface area (Å²) in [6.45, 7) is 4.78. The maximum absolute atomic E-state index is 5.36. The van der Waals surface area contributed by atoms with E-state index in [1.165, 1.54) is 105 Å². The molecule has 3 heterocycles. The van der Waals surface area contributed by atoms with Crippen molar-refractivity contribution in [3.63, 3.8) is 0 Å². The lowest BCUT2D eigenvalue weighted by Gasteiger charge is -2.29. The molecule has 1 aromatic heterocycles. The summed E-state index contributed by atoms with van der Waals surface area (Å²) in [7, 11) is 0. The zero-order valence-corrected chi connectivity index (χ0v) is 38.9. The van der Waals surface area contributed by atoms with Gasteiger partial charge in [0.25, 0.3) is 0 Å². The Balaban J connectivity index is 1.12. The third-order valence-electron chi connectivity index (χ3n) is 15.6. The molecule has 0 spiro atoms. The van der Waals surface area contributed by atoms with Crippen LogP contribution in [0.25, 0.3) is 65.8 Å². The van der Waals surface area contributed by atoms with Gasteiger partial charge in [-0.2, -0.15) is 0 Å². The predicted molar refractivity (Wildman–Crippen MR) is 289 cm³/mol. The van der Waals surface area contributed by atoms with Gasteiger partial charge >= 0.3 is 0 Å². The Hall–Kier alpha value is -8.27. The number of rotatable bonds is 4. The van der Waals surface area contributed by atoms with E-state index in [0.717, 1.165) is 53.7 Å². The highest BCUT2D eigenvalue weighted by molar-refractivity contribution is 6.24. The van der Waals surface area contributed by atoms with Crippen molar-refractivity contribution in [3.8, 4) is 33.5 Å².